The Bertz CT molecular complexity index is 837. The van der Waals surface area contributed by atoms with Gasteiger partial charge in [0.15, 0.2) is 0 Å². The Hall–Kier alpha value is -2.89. The summed E-state index contributed by atoms with van der Waals surface area (Å²) in [5, 5.41) is 0. The summed E-state index contributed by atoms with van der Waals surface area (Å²) >= 11 is 0. The standard InChI is InChI=1S/C20H22N2O4/c1-13(2)21(12-17-8-7-14(3)26-17)20(25)15-5-4-6-16(11-15)22-18(23)9-10-19(22)24/h4-8,11,13H,9-10,12H2,1-3H3. The number of hydrogen-bond donors (Lipinski definition) is 0. The maximum absolute atomic E-state index is 13.0. The molecule has 0 radical (unpaired) electrons. The van der Waals surface area contributed by atoms with Crippen molar-refractivity contribution in [3.8, 4) is 0 Å². The second-order valence-corrected chi connectivity index (χ2v) is 6.71. The van der Waals surface area contributed by atoms with E-state index in [4.69, 9.17) is 4.42 Å². The first-order valence-corrected chi connectivity index (χ1v) is 8.69. The highest BCUT2D eigenvalue weighted by atomic mass is 16.3. The van der Waals surface area contributed by atoms with Crippen LogP contribution in [0.3, 0.4) is 0 Å². The van der Waals surface area contributed by atoms with Gasteiger partial charge in [-0.3, -0.25) is 19.3 Å². The first-order valence-electron chi connectivity index (χ1n) is 8.69. The topological polar surface area (TPSA) is 70.8 Å². The average molecular weight is 354 g/mol. The lowest BCUT2D eigenvalue weighted by atomic mass is 10.1. The average Bonchev–Trinajstić information content (AvgIpc) is 3.17. The van der Waals surface area contributed by atoms with E-state index in [1.165, 1.54) is 0 Å². The number of furan rings is 1. The lowest BCUT2D eigenvalue weighted by molar-refractivity contribution is -0.121. The van der Waals surface area contributed by atoms with Crippen molar-refractivity contribution in [2.24, 2.45) is 0 Å². The fraction of sp³-hybridized carbons (Fsp3) is 0.350. The Labute approximate surface area is 152 Å². The van der Waals surface area contributed by atoms with Gasteiger partial charge in [0.2, 0.25) is 11.8 Å². The van der Waals surface area contributed by atoms with Crippen molar-refractivity contribution < 1.29 is 18.8 Å². The third-order valence-electron chi connectivity index (χ3n) is 4.41. The van der Waals surface area contributed by atoms with Crippen molar-refractivity contribution in [2.75, 3.05) is 4.90 Å². The summed E-state index contributed by atoms with van der Waals surface area (Å²) in [5.41, 5.74) is 0.882. The number of carbonyl (C=O) groups excluding carboxylic acids is 3. The van der Waals surface area contributed by atoms with Crippen molar-refractivity contribution in [1.29, 1.82) is 0 Å². The highest BCUT2D eigenvalue weighted by Gasteiger charge is 2.31. The van der Waals surface area contributed by atoms with Crippen LogP contribution in [0.4, 0.5) is 5.69 Å². The smallest absolute Gasteiger partial charge is 0.254 e. The molecule has 0 bridgehead atoms. The Morgan fingerprint density at radius 3 is 2.42 bits per heavy atom. The van der Waals surface area contributed by atoms with E-state index in [1.54, 1.807) is 29.2 Å². The molecule has 0 aliphatic carbocycles. The predicted molar refractivity (Wildman–Crippen MR) is 96.6 cm³/mol. The molecular formula is C20H22N2O4. The van der Waals surface area contributed by atoms with Crippen LogP contribution in [0.1, 0.15) is 48.6 Å². The normalized spacial score (nSPS) is 14.4. The van der Waals surface area contributed by atoms with Crippen molar-refractivity contribution in [3.05, 3.63) is 53.5 Å². The molecule has 3 rings (SSSR count). The zero-order valence-corrected chi connectivity index (χ0v) is 15.2. The molecule has 0 atom stereocenters. The van der Waals surface area contributed by atoms with E-state index in [0.29, 0.717) is 23.6 Å². The van der Waals surface area contributed by atoms with E-state index in [0.717, 1.165) is 10.7 Å². The van der Waals surface area contributed by atoms with Gasteiger partial charge in [0, 0.05) is 24.4 Å². The van der Waals surface area contributed by atoms with Crippen LogP contribution in [0.25, 0.3) is 0 Å². The van der Waals surface area contributed by atoms with Crippen molar-refractivity contribution >= 4 is 23.4 Å². The first-order chi connectivity index (χ1) is 12.4. The zero-order valence-electron chi connectivity index (χ0n) is 15.2. The predicted octanol–water partition coefficient (Wildman–Crippen LogP) is 3.29. The molecule has 1 saturated heterocycles. The molecule has 0 saturated carbocycles. The minimum atomic E-state index is -0.230. The van der Waals surface area contributed by atoms with Gasteiger partial charge in [0.1, 0.15) is 11.5 Å². The monoisotopic (exact) mass is 354 g/mol. The summed E-state index contributed by atoms with van der Waals surface area (Å²) in [6.07, 6.45) is 0.430. The number of carbonyl (C=O) groups is 3. The molecular weight excluding hydrogens is 332 g/mol. The van der Waals surface area contributed by atoms with Crippen LogP contribution in [0.5, 0.6) is 0 Å². The minimum absolute atomic E-state index is 0.0355. The zero-order chi connectivity index (χ0) is 18.8. The van der Waals surface area contributed by atoms with Crippen LogP contribution < -0.4 is 4.90 Å². The molecule has 2 heterocycles. The van der Waals surface area contributed by atoms with Crippen molar-refractivity contribution in [3.63, 3.8) is 0 Å². The van der Waals surface area contributed by atoms with E-state index < -0.39 is 0 Å². The molecule has 1 fully saturated rings. The maximum Gasteiger partial charge on any atom is 0.254 e. The van der Waals surface area contributed by atoms with Crippen molar-refractivity contribution in [2.45, 2.75) is 46.2 Å². The Balaban J connectivity index is 1.86. The summed E-state index contributed by atoms with van der Waals surface area (Å²) in [7, 11) is 0. The fourth-order valence-electron chi connectivity index (χ4n) is 3.04. The molecule has 6 nitrogen and oxygen atoms in total. The fourth-order valence-corrected chi connectivity index (χ4v) is 3.04. The Kier molecular flexibility index (Phi) is 4.93. The second kappa shape index (κ2) is 7.15. The molecule has 136 valence electrons. The molecule has 0 N–H and O–H groups in total. The Morgan fingerprint density at radius 1 is 1.15 bits per heavy atom. The summed E-state index contributed by atoms with van der Waals surface area (Å²) in [6.45, 7) is 6.09. The first kappa shape index (κ1) is 17.9. The van der Waals surface area contributed by atoms with Crippen LogP contribution in [0.2, 0.25) is 0 Å². The summed E-state index contributed by atoms with van der Waals surface area (Å²) < 4.78 is 5.59. The number of imide groups is 1. The van der Waals surface area contributed by atoms with Gasteiger partial charge in [-0.2, -0.15) is 0 Å². The van der Waals surface area contributed by atoms with E-state index >= 15 is 0 Å². The number of amides is 3. The maximum atomic E-state index is 13.0. The van der Waals surface area contributed by atoms with Gasteiger partial charge in [-0.15, -0.1) is 0 Å². The number of benzene rings is 1. The molecule has 0 spiro atoms. The van der Waals surface area contributed by atoms with Crippen LogP contribution in [-0.2, 0) is 16.1 Å². The minimum Gasteiger partial charge on any atom is -0.464 e. The largest absolute Gasteiger partial charge is 0.464 e. The lowest BCUT2D eigenvalue weighted by Crippen LogP contribution is -2.36. The molecule has 1 aromatic heterocycles. The third-order valence-corrected chi connectivity index (χ3v) is 4.41. The number of rotatable bonds is 5. The Morgan fingerprint density at radius 2 is 1.85 bits per heavy atom. The number of nitrogens with zero attached hydrogens (tertiary/aromatic N) is 2. The van der Waals surface area contributed by atoms with Crippen molar-refractivity contribution in [1.82, 2.24) is 4.90 Å². The van der Waals surface area contributed by atoms with Gasteiger partial charge in [0.05, 0.1) is 12.2 Å². The summed E-state index contributed by atoms with van der Waals surface area (Å²) in [4.78, 5) is 39.8. The summed E-state index contributed by atoms with van der Waals surface area (Å²) in [6, 6.07) is 10.3. The van der Waals surface area contributed by atoms with Gasteiger partial charge in [-0.25, -0.2) is 0 Å². The van der Waals surface area contributed by atoms with E-state index in [1.807, 2.05) is 32.9 Å². The van der Waals surface area contributed by atoms with E-state index in [2.05, 4.69) is 0 Å². The molecule has 6 heteroatoms. The number of aryl methyl sites for hydroxylation is 1. The number of hydrogen-bond acceptors (Lipinski definition) is 4. The van der Waals surface area contributed by atoms with E-state index in [-0.39, 0.29) is 36.6 Å². The van der Waals surface area contributed by atoms with Crippen LogP contribution in [0.15, 0.2) is 40.8 Å². The van der Waals surface area contributed by atoms with Gasteiger partial charge >= 0.3 is 0 Å². The number of anilines is 1. The van der Waals surface area contributed by atoms with Crippen LogP contribution in [0, 0.1) is 6.92 Å². The van der Waals surface area contributed by atoms with Gasteiger partial charge in [-0.05, 0) is 51.1 Å². The SMILES string of the molecule is Cc1ccc(CN(C(=O)c2cccc(N3C(=O)CCC3=O)c2)C(C)C)o1. The van der Waals surface area contributed by atoms with E-state index in [9.17, 15) is 14.4 Å². The van der Waals surface area contributed by atoms with Crippen LogP contribution >= 0.6 is 0 Å². The molecule has 2 aromatic rings. The third kappa shape index (κ3) is 3.54. The second-order valence-electron chi connectivity index (χ2n) is 6.71. The molecule has 1 aliphatic rings. The van der Waals surface area contributed by atoms with Gasteiger partial charge in [-0.1, -0.05) is 6.07 Å². The molecule has 1 aromatic carbocycles. The molecule has 3 amide bonds. The summed E-state index contributed by atoms with van der Waals surface area (Å²) in [5.74, 6) is 0.877. The van der Waals surface area contributed by atoms with Gasteiger partial charge in [0.25, 0.3) is 5.91 Å². The molecule has 26 heavy (non-hydrogen) atoms. The van der Waals surface area contributed by atoms with Crippen LogP contribution in [-0.4, -0.2) is 28.7 Å². The lowest BCUT2D eigenvalue weighted by Gasteiger charge is -2.26. The highest BCUT2D eigenvalue weighted by molar-refractivity contribution is 6.20. The molecule has 0 unspecified atom stereocenters. The molecule has 1 aliphatic heterocycles. The van der Waals surface area contributed by atoms with Gasteiger partial charge < -0.3 is 9.32 Å². The quantitative estimate of drug-likeness (QED) is 0.773. The highest BCUT2D eigenvalue weighted by Crippen LogP contribution is 2.24.